The van der Waals surface area contributed by atoms with Crippen LogP contribution in [0.2, 0.25) is 0 Å². The van der Waals surface area contributed by atoms with Crippen LogP contribution in [0.1, 0.15) is 41.2 Å². The molecule has 0 aliphatic heterocycles. The standard InChI is InChI=1S/C12H17NO2S/c1-11(2,13)12(6-7-12)9-5-4-8(16-9)10(14)15-3/h4-5H,6-7,13H2,1-3H3. The maximum Gasteiger partial charge on any atom is 0.348 e. The Bertz CT molecular complexity index is 413. The number of hydrogen-bond donors (Lipinski definition) is 1. The third-order valence-corrected chi connectivity index (χ3v) is 4.72. The first-order chi connectivity index (χ1) is 7.40. The average Bonchev–Trinajstić information content (AvgIpc) is 2.90. The summed E-state index contributed by atoms with van der Waals surface area (Å²) < 4.78 is 4.71. The summed E-state index contributed by atoms with van der Waals surface area (Å²) in [5, 5.41) is 0. The molecular weight excluding hydrogens is 222 g/mol. The van der Waals surface area contributed by atoms with E-state index in [2.05, 4.69) is 13.8 Å². The molecule has 3 nitrogen and oxygen atoms in total. The Balaban J connectivity index is 2.30. The van der Waals surface area contributed by atoms with Crippen molar-refractivity contribution in [1.29, 1.82) is 0 Å². The number of esters is 1. The van der Waals surface area contributed by atoms with Crippen LogP contribution < -0.4 is 5.73 Å². The molecule has 2 N–H and O–H groups in total. The summed E-state index contributed by atoms with van der Waals surface area (Å²) in [5.41, 5.74) is 6.06. The number of thiophene rings is 1. The van der Waals surface area contributed by atoms with E-state index < -0.39 is 0 Å². The van der Waals surface area contributed by atoms with E-state index in [1.54, 1.807) is 0 Å². The van der Waals surface area contributed by atoms with Gasteiger partial charge in [-0.05, 0) is 38.8 Å². The van der Waals surface area contributed by atoms with Crippen molar-refractivity contribution in [3.63, 3.8) is 0 Å². The van der Waals surface area contributed by atoms with Gasteiger partial charge >= 0.3 is 5.97 Å². The lowest BCUT2D eigenvalue weighted by molar-refractivity contribution is 0.0606. The molecule has 0 bridgehead atoms. The maximum absolute atomic E-state index is 11.4. The van der Waals surface area contributed by atoms with E-state index in [4.69, 9.17) is 10.5 Å². The number of carbonyl (C=O) groups excluding carboxylic acids is 1. The van der Waals surface area contributed by atoms with Crippen molar-refractivity contribution in [2.75, 3.05) is 7.11 Å². The summed E-state index contributed by atoms with van der Waals surface area (Å²) in [6, 6.07) is 3.84. The Morgan fingerprint density at radius 1 is 1.50 bits per heavy atom. The summed E-state index contributed by atoms with van der Waals surface area (Å²) in [6.45, 7) is 4.11. The molecule has 1 aromatic rings. The topological polar surface area (TPSA) is 52.3 Å². The van der Waals surface area contributed by atoms with Gasteiger partial charge in [-0.2, -0.15) is 0 Å². The van der Waals surface area contributed by atoms with Crippen LogP contribution in [-0.4, -0.2) is 18.6 Å². The van der Waals surface area contributed by atoms with Gasteiger partial charge in [-0.25, -0.2) is 4.79 Å². The maximum atomic E-state index is 11.4. The van der Waals surface area contributed by atoms with Crippen LogP contribution in [0.3, 0.4) is 0 Å². The summed E-state index contributed by atoms with van der Waals surface area (Å²) in [7, 11) is 1.40. The highest BCUT2D eigenvalue weighted by atomic mass is 32.1. The third-order valence-electron chi connectivity index (χ3n) is 3.45. The highest BCUT2D eigenvalue weighted by molar-refractivity contribution is 7.14. The molecule has 1 aromatic heterocycles. The number of ether oxygens (including phenoxy) is 1. The van der Waals surface area contributed by atoms with Crippen molar-refractivity contribution >= 4 is 17.3 Å². The van der Waals surface area contributed by atoms with Crippen LogP contribution in [-0.2, 0) is 10.2 Å². The second-order valence-corrected chi connectivity index (χ2v) is 6.04. The Morgan fingerprint density at radius 2 is 2.12 bits per heavy atom. The van der Waals surface area contributed by atoms with Gasteiger partial charge in [0.2, 0.25) is 0 Å². The van der Waals surface area contributed by atoms with Crippen molar-refractivity contribution in [3.05, 3.63) is 21.9 Å². The molecule has 0 aromatic carbocycles. The van der Waals surface area contributed by atoms with Crippen molar-refractivity contribution < 1.29 is 9.53 Å². The summed E-state index contributed by atoms with van der Waals surface area (Å²) in [4.78, 5) is 13.2. The van der Waals surface area contributed by atoms with Gasteiger partial charge in [0.1, 0.15) is 4.88 Å². The lowest BCUT2D eigenvalue weighted by Gasteiger charge is -2.29. The van der Waals surface area contributed by atoms with E-state index in [1.807, 2.05) is 12.1 Å². The van der Waals surface area contributed by atoms with Crippen molar-refractivity contribution in [1.82, 2.24) is 0 Å². The molecular formula is C12H17NO2S. The number of hydrogen-bond acceptors (Lipinski definition) is 4. The molecule has 0 saturated heterocycles. The zero-order valence-corrected chi connectivity index (χ0v) is 10.7. The molecule has 88 valence electrons. The molecule has 1 saturated carbocycles. The zero-order valence-electron chi connectivity index (χ0n) is 9.87. The first-order valence-corrected chi connectivity index (χ1v) is 6.20. The monoisotopic (exact) mass is 239 g/mol. The van der Waals surface area contributed by atoms with Gasteiger partial charge in [0.05, 0.1) is 7.11 Å². The number of carbonyl (C=O) groups is 1. The fraction of sp³-hybridized carbons (Fsp3) is 0.583. The molecule has 0 spiro atoms. The fourth-order valence-electron chi connectivity index (χ4n) is 2.14. The van der Waals surface area contributed by atoms with Crippen molar-refractivity contribution in [2.45, 2.75) is 37.6 Å². The molecule has 2 rings (SSSR count). The van der Waals surface area contributed by atoms with Crippen LogP contribution in [0.4, 0.5) is 0 Å². The van der Waals surface area contributed by atoms with E-state index in [0.29, 0.717) is 4.88 Å². The van der Waals surface area contributed by atoms with E-state index in [-0.39, 0.29) is 16.9 Å². The Labute approximate surface area is 99.6 Å². The summed E-state index contributed by atoms with van der Waals surface area (Å²) in [5.74, 6) is -0.262. The Hall–Kier alpha value is -0.870. The quantitative estimate of drug-likeness (QED) is 0.823. The predicted octanol–water partition coefficient (Wildman–Crippen LogP) is 2.30. The van der Waals surface area contributed by atoms with Gasteiger partial charge in [-0.15, -0.1) is 11.3 Å². The van der Waals surface area contributed by atoms with E-state index in [0.717, 1.165) is 12.8 Å². The Morgan fingerprint density at radius 3 is 2.56 bits per heavy atom. The van der Waals surface area contributed by atoms with Crippen LogP contribution in [0.25, 0.3) is 0 Å². The highest BCUT2D eigenvalue weighted by Gasteiger charge is 2.54. The Kier molecular flexibility index (Phi) is 2.59. The normalized spacial score (nSPS) is 18.2. The summed E-state index contributed by atoms with van der Waals surface area (Å²) in [6.07, 6.45) is 2.22. The van der Waals surface area contributed by atoms with Gasteiger partial charge in [-0.1, -0.05) is 0 Å². The molecule has 0 radical (unpaired) electrons. The third kappa shape index (κ3) is 1.66. The molecule has 4 heteroatoms. The molecule has 16 heavy (non-hydrogen) atoms. The van der Waals surface area contributed by atoms with Crippen molar-refractivity contribution in [2.24, 2.45) is 5.73 Å². The minimum absolute atomic E-state index is 0.0734. The number of nitrogens with two attached hydrogens (primary N) is 1. The van der Waals surface area contributed by atoms with E-state index >= 15 is 0 Å². The molecule has 1 aliphatic carbocycles. The molecule has 1 aliphatic rings. The molecule has 1 heterocycles. The van der Waals surface area contributed by atoms with Gasteiger partial charge in [0.15, 0.2) is 0 Å². The van der Waals surface area contributed by atoms with Gasteiger partial charge in [0, 0.05) is 15.8 Å². The predicted molar refractivity (Wildman–Crippen MR) is 64.8 cm³/mol. The van der Waals surface area contributed by atoms with Gasteiger partial charge < -0.3 is 10.5 Å². The smallest absolute Gasteiger partial charge is 0.348 e. The van der Waals surface area contributed by atoms with E-state index in [9.17, 15) is 4.79 Å². The van der Waals surface area contributed by atoms with Crippen LogP contribution in [0.15, 0.2) is 12.1 Å². The molecule has 0 atom stereocenters. The number of methoxy groups -OCH3 is 1. The minimum atomic E-state index is -0.262. The second kappa shape index (κ2) is 3.57. The fourth-order valence-corrected chi connectivity index (χ4v) is 3.48. The summed E-state index contributed by atoms with van der Waals surface area (Å²) >= 11 is 1.51. The first-order valence-electron chi connectivity index (χ1n) is 5.38. The van der Waals surface area contributed by atoms with Gasteiger partial charge in [-0.3, -0.25) is 0 Å². The van der Waals surface area contributed by atoms with E-state index in [1.165, 1.54) is 23.3 Å². The largest absolute Gasteiger partial charge is 0.465 e. The number of rotatable bonds is 3. The molecule has 1 fully saturated rings. The lowest BCUT2D eigenvalue weighted by Crippen LogP contribution is -2.44. The molecule has 0 unspecified atom stereocenters. The van der Waals surface area contributed by atoms with Crippen LogP contribution >= 0.6 is 11.3 Å². The zero-order chi connectivity index (χ0) is 12.0. The van der Waals surface area contributed by atoms with Crippen LogP contribution in [0.5, 0.6) is 0 Å². The van der Waals surface area contributed by atoms with Crippen molar-refractivity contribution in [3.8, 4) is 0 Å². The second-order valence-electron chi connectivity index (χ2n) is 4.96. The van der Waals surface area contributed by atoms with Crippen LogP contribution in [0, 0.1) is 0 Å². The first kappa shape index (κ1) is 11.6. The molecule has 0 amide bonds. The lowest BCUT2D eigenvalue weighted by atomic mass is 9.84. The SMILES string of the molecule is COC(=O)c1ccc(C2(C(C)(C)N)CC2)s1. The highest BCUT2D eigenvalue weighted by Crippen LogP contribution is 2.56. The van der Waals surface area contributed by atoms with Gasteiger partial charge in [0.25, 0.3) is 0 Å². The minimum Gasteiger partial charge on any atom is -0.465 e. The average molecular weight is 239 g/mol.